The molecule has 0 aliphatic carbocycles. The molecule has 19 heavy (non-hydrogen) atoms. The molecule has 0 aromatic heterocycles. The van der Waals surface area contributed by atoms with Crippen molar-refractivity contribution in [1.29, 1.82) is 0 Å². The molecule has 0 fully saturated rings. The number of halogens is 1. The van der Waals surface area contributed by atoms with E-state index in [1.165, 1.54) is 18.2 Å². The minimum absolute atomic E-state index is 0.00578. The van der Waals surface area contributed by atoms with Crippen molar-refractivity contribution in [2.75, 3.05) is 0 Å². The molecule has 1 unspecified atom stereocenters. The number of hydrogen-bond acceptors (Lipinski definition) is 3. The molecule has 1 atom stereocenters. The fraction of sp³-hybridized carbons (Fsp3) is 0.250. The van der Waals surface area contributed by atoms with Gasteiger partial charge in [0.05, 0.1) is 4.90 Å². The second-order valence-corrected chi connectivity index (χ2v) is 5.99. The van der Waals surface area contributed by atoms with Crippen LogP contribution in [0.5, 0.6) is 0 Å². The normalized spacial score (nSPS) is 12.9. The van der Waals surface area contributed by atoms with Gasteiger partial charge in [0.2, 0.25) is 10.0 Å². The highest BCUT2D eigenvalue weighted by molar-refractivity contribution is 7.89. The number of carboxylic acid groups (broad SMARTS) is 1. The van der Waals surface area contributed by atoms with Gasteiger partial charge in [0.25, 0.3) is 0 Å². The third-order valence-corrected chi connectivity index (χ3v) is 4.53. The van der Waals surface area contributed by atoms with Gasteiger partial charge in [-0.3, -0.25) is 4.79 Å². The third kappa shape index (κ3) is 3.79. The minimum atomic E-state index is -3.94. The topological polar surface area (TPSA) is 83.5 Å². The second-order valence-electron chi connectivity index (χ2n) is 3.90. The second kappa shape index (κ2) is 6.18. The minimum Gasteiger partial charge on any atom is -0.480 e. The van der Waals surface area contributed by atoms with E-state index in [1.807, 2.05) is 0 Å². The van der Waals surface area contributed by atoms with Gasteiger partial charge in [-0.05, 0) is 31.0 Å². The number of hydrogen-bond donors (Lipinski definition) is 2. The van der Waals surface area contributed by atoms with E-state index < -0.39 is 22.0 Å². The Morgan fingerprint density at radius 1 is 1.58 bits per heavy atom. The van der Waals surface area contributed by atoms with Crippen molar-refractivity contribution in [2.45, 2.75) is 24.3 Å². The summed E-state index contributed by atoms with van der Waals surface area (Å²) in [7, 11) is -3.94. The molecule has 0 bridgehead atoms. The Morgan fingerprint density at radius 2 is 2.21 bits per heavy atom. The number of benzene rings is 1. The van der Waals surface area contributed by atoms with Crippen molar-refractivity contribution in [1.82, 2.24) is 4.72 Å². The van der Waals surface area contributed by atoms with E-state index in [0.717, 1.165) is 0 Å². The molecule has 1 aromatic rings. The first-order valence-electron chi connectivity index (χ1n) is 5.40. The molecule has 5 nitrogen and oxygen atoms in total. The lowest BCUT2D eigenvalue weighted by Crippen LogP contribution is -2.40. The molecule has 0 spiro atoms. The summed E-state index contributed by atoms with van der Waals surface area (Å²) in [6, 6.07) is 3.18. The maximum Gasteiger partial charge on any atom is 0.322 e. The standard InChI is InChI=1S/C12H14ClNO4S/c1-3-5-10(12(15)16)14-19(17,18)11-7-4-6-9(13)8(11)2/h3-4,6-7,10,14H,1,5H2,2H3,(H,15,16). The molecule has 0 aliphatic heterocycles. The van der Waals surface area contributed by atoms with E-state index >= 15 is 0 Å². The summed E-state index contributed by atoms with van der Waals surface area (Å²) in [6.45, 7) is 4.95. The maximum atomic E-state index is 12.1. The fourth-order valence-electron chi connectivity index (χ4n) is 1.50. The zero-order chi connectivity index (χ0) is 14.6. The molecule has 0 aliphatic rings. The number of carbonyl (C=O) groups is 1. The molecule has 0 amide bonds. The predicted octanol–water partition coefficient (Wildman–Crippen LogP) is 1.96. The van der Waals surface area contributed by atoms with Gasteiger partial charge in [-0.25, -0.2) is 8.42 Å². The van der Waals surface area contributed by atoms with Gasteiger partial charge in [0, 0.05) is 5.02 Å². The van der Waals surface area contributed by atoms with E-state index in [0.29, 0.717) is 10.6 Å². The van der Waals surface area contributed by atoms with Crippen LogP contribution in [0.3, 0.4) is 0 Å². The summed E-state index contributed by atoms with van der Waals surface area (Å²) in [6.07, 6.45) is 1.33. The maximum absolute atomic E-state index is 12.1. The number of aliphatic carboxylic acids is 1. The molecule has 7 heteroatoms. The van der Waals surface area contributed by atoms with Gasteiger partial charge >= 0.3 is 5.97 Å². The van der Waals surface area contributed by atoms with E-state index in [4.69, 9.17) is 16.7 Å². The average molecular weight is 304 g/mol. The van der Waals surface area contributed by atoms with Crippen LogP contribution in [0.25, 0.3) is 0 Å². The van der Waals surface area contributed by atoms with Crippen LogP contribution in [0.4, 0.5) is 0 Å². The van der Waals surface area contributed by atoms with Crippen LogP contribution in [0.15, 0.2) is 35.7 Å². The largest absolute Gasteiger partial charge is 0.480 e. The molecule has 0 radical (unpaired) electrons. The summed E-state index contributed by atoms with van der Waals surface area (Å²) in [5, 5.41) is 9.24. The molecule has 0 heterocycles. The summed E-state index contributed by atoms with van der Waals surface area (Å²) in [5.41, 5.74) is 0.374. The molecular weight excluding hydrogens is 290 g/mol. The molecule has 1 aromatic carbocycles. The fourth-order valence-corrected chi connectivity index (χ4v) is 3.20. The Balaban J connectivity index is 3.14. The Bertz CT molecular complexity index is 598. The summed E-state index contributed by atoms with van der Waals surface area (Å²) in [4.78, 5) is 10.9. The lowest BCUT2D eigenvalue weighted by Gasteiger charge is -2.14. The van der Waals surface area contributed by atoms with Gasteiger partial charge in [0.1, 0.15) is 6.04 Å². The molecule has 0 saturated heterocycles. The first kappa shape index (κ1) is 15.7. The SMILES string of the molecule is C=CCC(NS(=O)(=O)c1cccc(Cl)c1C)C(=O)O. The zero-order valence-corrected chi connectivity index (χ0v) is 11.8. The highest BCUT2D eigenvalue weighted by Gasteiger charge is 2.25. The molecule has 104 valence electrons. The highest BCUT2D eigenvalue weighted by Crippen LogP contribution is 2.22. The molecule has 0 saturated carbocycles. The lowest BCUT2D eigenvalue weighted by molar-refractivity contribution is -0.138. The van der Waals surface area contributed by atoms with E-state index in [-0.39, 0.29) is 11.3 Å². The predicted molar refractivity (Wildman–Crippen MR) is 72.7 cm³/mol. The summed E-state index contributed by atoms with van der Waals surface area (Å²) < 4.78 is 26.4. The van der Waals surface area contributed by atoms with E-state index in [9.17, 15) is 13.2 Å². The Morgan fingerprint density at radius 3 is 2.74 bits per heavy atom. The summed E-state index contributed by atoms with van der Waals surface area (Å²) in [5.74, 6) is -1.26. The van der Waals surface area contributed by atoms with E-state index in [2.05, 4.69) is 11.3 Å². The van der Waals surface area contributed by atoms with Gasteiger partial charge in [-0.1, -0.05) is 23.7 Å². The highest BCUT2D eigenvalue weighted by atomic mass is 35.5. The number of rotatable bonds is 6. The average Bonchev–Trinajstić information content (AvgIpc) is 2.31. The van der Waals surface area contributed by atoms with Crippen LogP contribution in [-0.2, 0) is 14.8 Å². The lowest BCUT2D eigenvalue weighted by atomic mass is 10.2. The monoisotopic (exact) mass is 303 g/mol. The number of nitrogens with one attached hydrogen (secondary N) is 1. The molecule has 1 rings (SSSR count). The first-order chi connectivity index (χ1) is 8.79. The molecule has 2 N–H and O–H groups in total. The van der Waals surface area contributed by atoms with Gasteiger partial charge < -0.3 is 5.11 Å². The Kier molecular flexibility index (Phi) is 5.11. The summed E-state index contributed by atoms with van der Waals surface area (Å²) >= 11 is 5.86. The van der Waals surface area contributed by atoms with Crippen molar-refractivity contribution in [2.24, 2.45) is 0 Å². The van der Waals surface area contributed by atoms with Crippen LogP contribution in [0.2, 0.25) is 5.02 Å². The van der Waals surface area contributed by atoms with Crippen molar-refractivity contribution < 1.29 is 18.3 Å². The van der Waals surface area contributed by atoms with Crippen LogP contribution in [0, 0.1) is 6.92 Å². The van der Waals surface area contributed by atoms with E-state index in [1.54, 1.807) is 13.0 Å². The van der Waals surface area contributed by atoms with Crippen molar-refractivity contribution in [3.8, 4) is 0 Å². The zero-order valence-electron chi connectivity index (χ0n) is 10.3. The third-order valence-electron chi connectivity index (χ3n) is 2.51. The van der Waals surface area contributed by atoms with Crippen molar-refractivity contribution in [3.63, 3.8) is 0 Å². The number of carboxylic acids is 1. The van der Waals surface area contributed by atoms with Gasteiger partial charge in [-0.15, -0.1) is 6.58 Å². The Labute approximate surface area is 117 Å². The van der Waals surface area contributed by atoms with Crippen molar-refractivity contribution >= 4 is 27.6 Å². The van der Waals surface area contributed by atoms with Crippen molar-refractivity contribution in [3.05, 3.63) is 41.4 Å². The molecular formula is C12H14ClNO4S. The number of sulfonamides is 1. The quantitative estimate of drug-likeness (QED) is 0.787. The Hall–Kier alpha value is -1.37. The van der Waals surface area contributed by atoms with Crippen LogP contribution in [0.1, 0.15) is 12.0 Å². The smallest absolute Gasteiger partial charge is 0.322 e. The van der Waals surface area contributed by atoms with Crippen LogP contribution < -0.4 is 4.72 Å². The van der Waals surface area contributed by atoms with Crippen LogP contribution >= 0.6 is 11.6 Å². The first-order valence-corrected chi connectivity index (χ1v) is 7.27. The van der Waals surface area contributed by atoms with Crippen LogP contribution in [-0.4, -0.2) is 25.5 Å². The van der Waals surface area contributed by atoms with Gasteiger partial charge in [0.15, 0.2) is 0 Å². The van der Waals surface area contributed by atoms with Gasteiger partial charge in [-0.2, -0.15) is 4.72 Å².